The fraction of sp³-hybridized carbons (Fsp3) is 0.778. The van der Waals surface area contributed by atoms with Crippen LogP contribution in [0.5, 0.6) is 0 Å². The van der Waals surface area contributed by atoms with Gasteiger partial charge in [-0.1, -0.05) is 0 Å². The Bertz CT molecular complexity index is 150. The van der Waals surface area contributed by atoms with Crippen LogP contribution in [-0.2, 0) is 14.3 Å². The molecule has 0 radical (unpaired) electrons. The molecule has 4 nitrogen and oxygen atoms in total. The number of hydrogen-bond acceptors (Lipinski definition) is 3. The molecule has 0 aliphatic heterocycles. The van der Waals surface area contributed by atoms with Gasteiger partial charge in [0.05, 0.1) is 6.61 Å². The Morgan fingerprint density at radius 1 is 1.15 bits per heavy atom. The molecule has 13 heavy (non-hydrogen) atoms. The van der Waals surface area contributed by atoms with Gasteiger partial charge in [-0.2, -0.15) is 0 Å². The average molecular weight is 187 g/mol. The van der Waals surface area contributed by atoms with E-state index >= 15 is 0 Å². The number of amides is 1. The lowest BCUT2D eigenvalue weighted by atomic mass is 10.2. The van der Waals surface area contributed by atoms with Crippen molar-refractivity contribution in [1.82, 2.24) is 5.32 Å². The highest BCUT2D eigenvalue weighted by molar-refractivity contribution is 5.72. The minimum absolute atomic E-state index is 0.0000130. The first-order valence-corrected chi connectivity index (χ1v) is 4.50. The van der Waals surface area contributed by atoms with Crippen LogP contribution in [-0.4, -0.2) is 25.0 Å². The topological polar surface area (TPSA) is 55.4 Å². The van der Waals surface area contributed by atoms with E-state index in [2.05, 4.69) is 5.32 Å². The average Bonchev–Trinajstić information content (AvgIpc) is 2.01. The van der Waals surface area contributed by atoms with Crippen LogP contribution >= 0.6 is 0 Å². The monoisotopic (exact) mass is 187 g/mol. The first kappa shape index (κ1) is 11.9. The van der Waals surface area contributed by atoms with Gasteiger partial charge in [0.15, 0.2) is 0 Å². The standard InChI is InChI=1S/C9H17NO3/c1-8(11)10-6-4-3-5-7-13-9(2)12/h3-7H2,1-2H3,(H,10,11). The fourth-order valence-electron chi connectivity index (χ4n) is 0.884. The molecule has 0 saturated carbocycles. The number of ether oxygens (including phenoxy) is 1. The molecule has 0 unspecified atom stereocenters. The summed E-state index contributed by atoms with van der Waals surface area (Å²) in [4.78, 5) is 20.8. The van der Waals surface area contributed by atoms with Crippen LogP contribution in [0, 0.1) is 0 Å². The van der Waals surface area contributed by atoms with Crippen LogP contribution in [0.15, 0.2) is 0 Å². The molecule has 0 aromatic rings. The number of unbranched alkanes of at least 4 members (excludes halogenated alkanes) is 2. The van der Waals surface area contributed by atoms with Gasteiger partial charge in [-0.05, 0) is 19.3 Å². The predicted molar refractivity (Wildman–Crippen MR) is 49.2 cm³/mol. The number of nitrogens with one attached hydrogen (secondary N) is 1. The maximum Gasteiger partial charge on any atom is 0.302 e. The van der Waals surface area contributed by atoms with Gasteiger partial charge in [0.2, 0.25) is 5.91 Å². The Morgan fingerprint density at radius 3 is 2.38 bits per heavy atom. The molecule has 0 aromatic carbocycles. The van der Waals surface area contributed by atoms with Gasteiger partial charge in [-0.3, -0.25) is 9.59 Å². The highest BCUT2D eigenvalue weighted by Gasteiger charge is 1.94. The molecule has 76 valence electrons. The van der Waals surface area contributed by atoms with Crippen molar-refractivity contribution in [3.05, 3.63) is 0 Å². The van der Waals surface area contributed by atoms with Crippen molar-refractivity contribution >= 4 is 11.9 Å². The summed E-state index contributed by atoms with van der Waals surface area (Å²) < 4.78 is 4.74. The molecule has 1 amide bonds. The maximum absolute atomic E-state index is 10.4. The Kier molecular flexibility index (Phi) is 6.96. The van der Waals surface area contributed by atoms with Crippen molar-refractivity contribution in [2.45, 2.75) is 33.1 Å². The molecule has 0 atom stereocenters. The van der Waals surface area contributed by atoms with E-state index in [0.717, 1.165) is 19.3 Å². The van der Waals surface area contributed by atoms with Crippen molar-refractivity contribution in [3.8, 4) is 0 Å². The number of rotatable bonds is 6. The maximum atomic E-state index is 10.4. The SMILES string of the molecule is CC(=O)NCCCCCOC(C)=O. The van der Waals surface area contributed by atoms with Crippen molar-refractivity contribution in [3.63, 3.8) is 0 Å². The molecule has 0 saturated heterocycles. The summed E-state index contributed by atoms with van der Waals surface area (Å²) in [6.45, 7) is 4.08. The van der Waals surface area contributed by atoms with Crippen LogP contribution < -0.4 is 5.32 Å². The summed E-state index contributed by atoms with van der Waals surface area (Å²) in [6, 6.07) is 0. The number of carbonyl (C=O) groups excluding carboxylic acids is 2. The van der Waals surface area contributed by atoms with Crippen LogP contribution in [0.1, 0.15) is 33.1 Å². The molecular formula is C9H17NO3. The molecule has 0 bridgehead atoms. The van der Waals surface area contributed by atoms with Crippen molar-refractivity contribution in [2.24, 2.45) is 0 Å². The lowest BCUT2D eigenvalue weighted by Crippen LogP contribution is -2.20. The Labute approximate surface area is 78.6 Å². The van der Waals surface area contributed by atoms with E-state index in [1.54, 1.807) is 0 Å². The van der Waals surface area contributed by atoms with Gasteiger partial charge in [-0.15, -0.1) is 0 Å². The van der Waals surface area contributed by atoms with Gasteiger partial charge in [0, 0.05) is 20.4 Å². The van der Waals surface area contributed by atoms with E-state index in [1.807, 2.05) is 0 Å². The predicted octanol–water partition coefficient (Wildman–Crippen LogP) is 0.856. The quantitative estimate of drug-likeness (QED) is 0.495. The molecule has 0 aliphatic rings. The highest BCUT2D eigenvalue weighted by Crippen LogP contribution is 1.94. The normalized spacial score (nSPS) is 9.38. The second-order valence-corrected chi connectivity index (χ2v) is 2.88. The van der Waals surface area contributed by atoms with E-state index in [0.29, 0.717) is 13.2 Å². The Morgan fingerprint density at radius 2 is 1.85 bits per heavy atom. The lowest BCUT2D eigenvalue weighted by molar-refractivity contribution is -0.141. The van der Waals surface area contributed by atoms with Gasteiger partial charge in [0.25, 0.3) is 0 Å². The summed E-state index contributed by atoms with van der Waals surface area (Å²) in [5.41, 5.74) is 0. The molecule has 0 rings (SSSR count). The first-order chi connectivity index (χ1) is 6.13. The molecular weight excluding hydrogens is 170 g/mol. The summed E-state index contributed by atoms with van der Waals surface area (Å²) >= 11 is 0. The second kappa shape index (κ2) is 7.58. The van der Waals surface area contributed by atoms with E-state index in [4.69, 9.17) is 4.74 Å². The van der Waals surface area contributed by atoms with Crippen LogP contribution in [0.25, 0.3) is 0 Å². The van der Waals surface area contributed by atoms with Gasteiger partial charge in [0.1, 0.15) is 0 Å². The van der Waals surface area contributed by atoms with Crippen LogP contribution in [0.3, 0.4) is 0 Å². The first-order valence-electron chi connectivity index (χ1n) is 4.50. The zero-order chi connectivity index (χ0) is 10.1. The molecule has 1 N–H and O–H groups in total. The zero-order valence-electron chi connectivity index (χ0n) is 8.26. The van der Waals surface area contributed by atoms with Crippen molar-refractivity contribution in [2.75, 3.05) is 13.2 Å². The second-order valence-electron chi connectivity index (χ2n) is 2.88. The third-order valence-corrected chi connectivity index (χ3v) is 1.50. The summed E-state index contributed by atoms with van der Waals surface area (Å²) in [6.07, 6.45) is 2.76. The van der Waals surface area contributed by atoms with E-state index < -0.39 is 0 Å². The summed E-state index contributed by atoms with van der Waals surface area (Å²) in [5, 5.41) is 2.70. The Balaban J connectivity index is 3.00. The molecule has 0 aromatic heterocycles. The molecule has 0 spiro atoms. The Hall–Kier alpha value is -1.06. The number of hydrogen-bond donors (Lipinski definition) is 1. The minimum Gasteiger partial charge on any atom is -0.466 e. The lowest BCUT2D eigenvalue weighted by Gasteiger charge is -2.02. The largest absolute Gasteiger partial charge is 0.466 e. The van der Waals surface area contributed by atoms with E-state index in [-0.39, 0.29) is 11.9 Å². The van der Waals surface area contributed by atoms with Gasteiger partial charge in [-0.25, -0.2) is 0 Å². The van der Waals surface area contributed by atoms with Gasteiger partial charge >= 0.3 is 5.97 Å². The van der Waals surface area contributed by atoms with E-state index in [1.165, 1.54) is 13.8 Å². The molecule has 0 heterocycles. The highest BCUT2D eigenvalue weighted by atomic mass is 16.5. The zero-order valence-corrected chi connectivity index (χ0v) is 8.26. The summed E-state index contributed by atoms with van der Waals surface area (Å²) in [5.74, 6) is -0.234. The fourth-order valence-corrected chi connectivity index (χ4v) is 0.884. The smallest absolute Gasteiger partial charge is 0.302 e. The van der Waals surface area contributed by atoms with Crippen LogP contribution in [0.4, 0.5) is 0 Å². The van der Waals surface area contributed by atoms with Crippen molar-refractivity contribution in [1.29, 1.82) is 0 Å². The molecule has 0 aliphatic carbocycles. The third-order valence-electron chi connectivity index (χ3n) is 1.50. The number of esters is 1. The molecule has 0 fully saturated rings. The van der Waals surface area contributed by atoms with Crippen LogP contribution in [0.2, 0.25) is 0 Å². The summed E-state index contributed by atoms with van der Waals surface area (Å²) in [7, 11) is 0. The van der Waals surface area contributed by atoms with Crippen molar-refractivity contribution < 1.29 is 14.3 Å². The number of carbonyl (C=O) groups is 2. The minimum atomic E-state index is -0.234. The van der Waals surface area contributed by atoms with E-state index in [9.17, 15) is 9.59 Å². The van der Waals surface area contributed by atoms with Gasteiger partial charge < -0.3 is 10.1 Å². The third kappa shape index (κ3) is 10.9. The molecule has 4 heteroatoms.